The largest absolute Gasteiger partial charge is 0.486 e. The number of rotatable bonds is 4. The van der Waals surface area contributed by atoms with Crippen molar-refractivity contribution in [3.8, 4) is 11.5 Å². The van der Waals surface area contributed by atoms with Crippen molar-refractivity contribution in [2.24, 2.45) is 0 Å². The van der Waals surface area contributed by atoms with Gasteiger partial charge >= 0.3 is 6.03 Å². The summed E-state index contributed by atoms with van der Waals surface area (Å²) >= 11 is 6.23. The Morgan fingerprint density at radius 3 is 2.65 bits per heavy atom. The second-order valence-electron chi connectivity index (χ2n) is 6.22. The number of fused-ring (bicyclic) bond motifs is 1. The van der Waals surface area contributed by atoms with E-state index in [1.165, 1.54) is 4.90 Å². The molecule has 4 rings (SSSR count). The van der Waals surface area contributed by atoms with Gasteiger partial charge < -0.3 is 14.8 Å². The summed E-state index contributed by atoms with van der Waals surface area (Å²) in [5, 5.41) is 3.16. The van der Waals surface area contributed by atoms with Gasteiger partial charge in [-0.25, -0.2) is 4.79 Å². The van der Waals surface area contributed by atoms with Gasteiger partial charge in [-0.3, -0.25) is 9.69 Å². The van der Waals surface area contributed by atoms with Gasteiger partial charge in [-0.05, 0) is 23.3 Å². The smallest absolute Gasteiger partial charge is 0.325 e. The van der Waals surface area contributed by atoms with Crippen molar-refractivity contribution in [1.29, 1.82) is 0 Å². The van der Waals surface area contributed by atoms with Crippen molar-refractivity contribution in [3.05, 3.63) is 58.6 Å². The van der Waals surface area contributed by atoms with Crippen molar-refractivity contribution in [2.75, 3.05) is 13.2 Å². The van der Waals surface area contributed by atoms with Crippen LogP contribution < -0.4 is 14.8 Å². The minimum absolute atomic E-state index is 0.131. The first-order chi connectivity index (χ1) is 12.6. The van der Waals surface area contributed by atoms with Crippen LogP contribution in [0.2, 0.25) is 5.02 Å². The summed E-state index contributed by atoms with van der Waals surface area (Å²) in [5.41, 5.74) is 1.71. The highest BCUT2D eigenvalue weighted by Crippen LogP contribution is 2.38. The van der Waals surface area contributed by atoms with Gasteiger partial charge in [-0.1, -0.05) is 41.9 Å². The van der Waals surface area contributed by atoms with E-state index in [9.17, 15) is 9.59 Å². The average molecular weight is 373 g/mol. The van der Waals surface area contributed by atoms with E-state index in [4.69, 9.17) is 21.1 Å². The van der Waals surface area contributed by atoms with E-state index < -0.39 is 12.1 Å². The lowest BCUT2D eigenvalue weighted by molar-refractivity contribution is -0.127. The summed E-state index contributed by atoms with van der Waals surface area (Å²) in [6, 6.07) is 12.1. The monoisotopic (exact) mass is 372 g/mol. The molecule has 1 unspecified atom stereocenters. The van der Waals surface area contributed by atoms with Gasteiger partial charge in [0.15, 0.2) is 11.5 Å². The SMILES string of the molecule is O=C1NC(Cc2ccccc2)C(=O)N1Cc1cc(Cl)c2c(c1)OCCO2. The molecule has 0 spiro atoms. The van der Waals surface area contributed by atoms with Crippen molar-refractivity contribution in [1.82, 2.24) is 10.2 Å². The number of imide groups is 1. The van der Waals surface area contributed by atoms with Gasteiger partial charge in [0.2, 0.25) is 0 Å². The number of urea groups is 1. The molecule has 1 saturated heterocycles. The third-order valence-electron chi connectivity index (χ3n) is 4.39. The van der Waals surface area contributed by atoms with Gasteiger partial charge in [-0.2, -0.15) is 0 Å². The van der Waals surface area contributed by atoms with E-state index in [1.54, 1.807) is 12.1 Å². The van der Waals surface area contributed by atoms with E-state index >= 15 is 0 Å². The molecule has 3 amide bonds. The highest BCUT2D eigenvalue weighted by Gasteiger charge is 2.38. The van der Waals surface area contributed by atoms with Crippen LogP contribution in [0.1, 0.15) is 11.1 Å². The minimum atomic E-state index is -0.558. The molecule has 7 heteroatoms. The Bertz CT molecular complexity index is 856. The van der Waals surface area contributed by atoms with Crippen molar-refractivity contribution in [2.45, 2.75) is 19.0 Å². The molecule has 1 N–H and O–H groups in total. The summed E-state index contributed by atoms with van der Waals surface area (Å²) in [6.45, 7) is 1.02. The Morgan fingerprint density at radius 1 is 1.08 bits per heavy atom. The molecule has 26 heavy (non-hydrogen) atoms. The molecule has 0 bridgehead atoms. The zero-order chi connectivity index (χ0) is 18.1. The number of halogens is 1. The topological polar surface area (TPSA) is 67.9 Å². The molecule has 134 valence electrons. The summed E-state index contributed by atoms with van der Waals surface area (Å²) in [5.74, 6) is 0.789. The number of benzene rings is 2. The van der Waals surface area contributed by atoms with Crippen LogP contribution in [0.3, 0.4) is 0 Å². The van der Waals surface area contributed by atoms with Crippen LogP contribution in [0.5, 0.6) is 11.5 Å². The lowest BCUT2D eigenvalue weighted by atomic mass is 10.1. The fraction of sp³-hybridized carbons (Fsp3) is 0.263. The van der Waals surface area contributed by atoms with Gasteiger partial charge in [0, 0.05) is 6.42 Å². The number of amides is 3. The Hall–Kier alpha value is -2.73. The number of hydrogen-bond acceptors (Lipinski definition) is 4. The van der Waals surface area contributed by atoms with E-state index in [0.717, 1.165) is 5.56 Å². The molecule has 2 aromatic rings. The van der Waals surface area contributed by atoms with Crippen molar-refractivity contribution < 1.29 is 19.1 Å². The Kier molecular flexibility index (Phi) is 4.42. The fourth-order valence-electron chi connectivity index (χ4n) is 3.15. The molecule has 0 saturated carbocycles. The van der Waals surface area contributed by atoms with Crippen molar-refractivity contribution in [3.63, 3.8) is 0 Å². The summed E-state index contributed by atoms with van der Waals surface area (Å²) in [6.07, 6.45) is 0.462. The number of hydrogen-bond donors (Lipinski definition) is 1. The van der Waals surface area contributed by atoms with Crippen LogP contribution >= 0.6 is 11.6 Å². The second-order valence-corrected chi connectivity index (χ2v) is 6.63. The highest BCUT2D eigenvalue weighted by molar-refractivity contribution is 6.32. The number of carbonyl (C=O) groups is 2. The highest BCUT2D eigenvalue weighted by atomic mass is 35.5. The summed E-state index contributed by atoms with van der Waals surface area (Å²) < 4.78 is 11.0. The van der Waals surface area contributed by atoms with E-state index in [2.05, 4.69) is 5.32 Å². The number of nitrogens with zero attached hydrogens (tertiary/aromatic N) is 1. The maximum absolute atomic E-state index is 12.7. The van der Waals surface area contributed by atoms with Crippen LogP contribution in [-0.4, -0.2) is 36.1 Å². The van der Waals surface area contributed by atoms with Gasteiger partial charge in [0.25, 0.3) is 5.91 Å². The molecule has 0 aromatic heterocycles. The zero-order valence-corrected chi connectivity index (χ0v) is 14.7. The molecule has 1 fully saturated rings. The zero-order valence-electron chi connectivity index (χ0n) is 13.9. The predicted molar refractivity (Wildman–Crippen MR) is 95.5 cm³/mol. The van der Waals surface area contributed by atoms with E-state index in [-0.39, 0.29) is 12.5 Å². The first-order valence-corrected chi connectivity index (χ1v) is 8.73. The third kappa shape index (κ3) is 3.20. The molecule has 2 aliphatic rings. The quantitative estimate of drug-likeness (QED) is 0.838. The number of carbonyl (C=O) groups excluding carboxylic acids is 2. The molecule has 0 radical (unpaired) electrons. The normalized spacial score (nSPS) is 18.8. The number of ether oxygens (including phenoxy) is 2. The van der Waals surface area contributed by atoms with E-state index in [1.807, 2.05) is 30.3 Å². The molecule has 6 nitrogen and oxygen atoms in total. The van der Waals surface area contributed by atoms with Crippen LogP contribution in [0.15, 0.2) is 42.5 Å². The van der Waals surface area contributed by atoms with Crippen molar-refractivity contribution >= 4 is 23.5 Å². The van der Waals surface area contributed by atoms with E-state index in [0.29, 0.717) is 41.7 Å². The maximum Gasteiger partial charge on any atom is 0.325 e. The van der Waals surface area contributed by atoms with Crippen LogP contribution in [-0.2, 0) is 17.8 Å². The molecule has 2 aromatic carbocycles. The minimum Gasteiger partial charge on any atom is -0.486 e. The van der Waals surface area contributed by atoms with Crippen LogP contribution in [0, 0.1) is 0 Å². The Morgan fingerprint density at radius 2 is 1.85 bits per heavy atom. The van der Waals surface area contributed by atoms with Gasteiger partial charge in [0.05, 0.1) is 11.6 Å². The lowest BCUT2D eigenvalue weighted by Gasteiger charge is -2.21. The summed E-state index contributed by atoms with van der Waals surface area (Å²) in [4.78, 5) is 26.1. The summed E-state index contributed by atoms with van der Waals surface area (Å²) in [7, 11) is 0. The van der Waals surface area contributed by atoms with Gasteiger partial charge in [0.1, 0.15) is 19.3 Å². The van der Waals surface area contributed by atoms with Gasteiger partial charge in [-0.15, -0.1) is 0 Å². The molecule has 0 aliphatic carbocycles. The fourth-order valence-corrected chi connectivity index (χ4v) is 3.44. The standard InChI is InChI=1S/C19H17ClN2O4/c20-14-8-13(10-16-17(14)26-7-6-25-16)11-22-18(23)15(21-19(22)24)9-12-4-2-1-3-5-12/h1-5,8,10,15H,6-7,9,11H2,(H,21,24). The third-order valence-corrected chi connectivity index (χ3v) is 4.67. The molecular weight excluding hydrogens is 356 g/mol. The predicted octanol–water partition coefficient (Wildman–Crippen LogP) is 2.77. The second kappa shape index (κ2) is 6.88. The first-order valence-electron chi connectivity index (χ1n) is 8.35. The van der Waals surface area contributed by atoms with Crippen LogP contribution in [0.25, 0.3) is 0 Å². The Balaban J connectivity index is 1.51. The molecular formula is C19H17ClN2O4. The lowest BCUT2D eigenvalue weighted by Crippen LogP contribution is -2.32. The molecule has 1 atom stereocenters. The molecule has 2 aliphatic heterocycles. The first kappa shape index (κ1) is 16.7. The number of nitrogens with one attached hydrogen (secondary N) is 1. The molecule has 2 heterocycles. The Labute approximate surface area is 155 Å². The maximum atomic E-state index is 12.7. The average Bonchev–Trinajstić information content (AvgIpc) is 2.90. The van der Waals surface area contributed by atoms with Crippen LogP contribution in [0.4, 0.5) is 4.79 Å².